The Hall–Kier alpha value is -1.23. The number of hydrogen-bond donors (Lipinski definition) is 2. The Morgan fingerprint density at radius 2 is 2.40 bits per heavy atom. The van der Waals surface area contributed by atoms with Gasteiger partial charge in [0.15, 0.2) is 0 Å². The maximum Gasteiger partial charge on any atom is 0.266 e. The Morgan fingerprint density at radius 3 is 2.93 bits per heavy atom. The monoisotopic (exact) mass is 211 g/mol. The van der Waals surface area contributed by atoms with Crippen LogP contribution in [0.3, 0.4) is 0 Å². The normalized spacial score (nSPS) is 25.3. The van der Waals surface area contributed by atoms with Crippen LogP contribution in [0.4, 0.5) is 5.82 Å². The van der Waals surface area contributed by atoms with Crippen LogP contribution in [0.2, 0.25) is 0 Å². The maximum atomic E-state index is 11.1. The molecule has 0 unspecified atom stereocenters. The quantitative estimate of drug-likeness (QED) is 0.724. The van der Waals surface area contributed by atoms with E-state index in [1.807, 2.05) is 0 Å². The smallest absolute Gasteiger partial charge is 0.266 e. The van der Waals surface area contributed by atoms with Crippen LogP contribution in [0, 0.1) is 0 Å². The fourth-order valence-electron chi connectivity index (χ4n) is 2.14. The third-order valence-corrected chi connectivity index (χ3v) is 2.82. The molecule has 1 aliphatic rings. The lowest BCUT2D eigenvalue weighted by molar-refractivity contribution is -0.0705. The van der Waals surface area contributed by atoms with Crippen molar-refractivity contribution < 1.29 is 4.74 Å². The lowest BCUT2D eigenvalue weighted by atomic mass is 9.94. The van der Waals surface area contributed by atoms with Gasteiger partial charge in [0.05, 0.1) is 11.6 Å². The first-order valence-electron chi connectivity index (χ1n) is 5.19. The minimum absolute atomic E-state index is 0.142. The molecule has 0 aliphatic carbocycles. The van der Waals surface area contributed by atoms with Gasteiger partial charge in [-0.3, -0.25) is 14.6 Å². The number of ether oxygens (including phenoxy) is 1. The van der Waals surface area contributed by atoms with E-state index in [0.717, 1.165) is 12.8 Å². The average Bonchev–Trinajstić information content (AvgIpc) is 2.43. The molecule has 1 aliphatic heterocycles. The minimum Gasteiger partial charge on any atom is -0.384 e. The van der Waals surface area contributed by atoms with Gasteiger partial charge >= 0.3 is 0 Å². The number of nitrogens with one attached hydrogen (secondary N) is 1. The molecule has 1 fully saturated rings. The molecule has 1 atom stereocenters. The average molecular weight is 211 g/mol. The number of anilines is 1. The summed E-state index contributed by atoms with van der Waals surface area (Å²) in [6, 6.07) is 1.65. The predicted octanol–water partition coefficient (Wildman–Crippen LogP) is 0.889. The number of H-pyrrole nitrogens is 1. The van der Waals surface area contributed by atoms with Gasteiger partial charge in [-0.1, -0.05) is 0 Å². The molecule has 0 radical (unpaired) electrons. The second-order valence-electron chi connectivity index (χ2n) is 4.67. The van der Waals surface area contributed by atoms with Crippen LogP contribution >= 0.6 is 0 Å². The SMILES string of the molecule is CC1(C)C[C@H](n2[nH]c(=O)cc2N)CCO1. The molecule has 3 N–H and O–H groups in total. The van der Waals surface area contributed by atoms with Crippen molar-refractivity contribution in [2.24, 2.45) is 0 Å². The van der Waals surface area contributed by atoms with Crippen LogP contribution in [-0.4, -0.2) is 22.0 Å². The van der Waals surface area contributed by atoms with E-state index in [4.69, 9.17) is 10.5 Å². The van der Waals surface area contributed by atoms with Crippen molar-refractivity contribution in [2.75, 3.05) is 12.3 Å². The van der Waals surface area contributed by atoms with Gasteiger partial charge in [-0.15, -0.1) is 0 Å². The summed E-state index contributed by atoms with van der Waals surface area (Å²) in [5.41, 5.74) is 5.47. The van der Waals surface area contributed by atoms with E-state index in [9.17, 15) is 4.79 Å². The largest absolute Gasteiger partial charge is 0.384 e. The summed E-state index contributed by atoms with van der Waals surface area (Å²) in [6.07, 6.45) is 1.75. The van der Waals surface area contributed by atoms with Crippen molar-refractivity contribution in [1.29, 1.82) is 0 Å². The zero-order chi connectivity index (χ0) is 11.1. The van der Waals surface area contributed by atoms with Gasteiger partial charge in [-0.25, -0.2) is 0 Å². The second-order valence-corrected chi connectivity index (χ2v) is 4.67. The fourth-order valence-corrected chi connectivity index (χ4v) is 2.14. The molecule has 2 heterocycles. The summed E-state index contributed by atoms with van der Waals surface area (Å²) in [5, 5.41) is 2.73. The molecule has 0 amide bonds. The highest BCUT2D eigenvalue weighted by molar-refractivity contribution is 5.27. The van der Waals surface area contributed by atoms with E-state index in [1.54, 1.807) is 4.68 Å². The van der Waals surface area contributed by atoms with Crippen molar-refractivity contribution in [3.63, 3.8) is 0 Å². The van der Waals surface area contributed by atoms with E-state index in [1.165, 1.54) is 6.07 Å². The number of nitrogens with zero attached hydrogens (tertiary/aromatic N) is 1. The van der Waals surface area contributed by atoms with E-state index < -0.39 is 0 Å². The first-order chi connectivity index (χ1) is 6.98. The van der Waals surface area contributed by atoms with E-state index in [2.05, 4.69) is 18.9 Å². The number of nitrogen functional groups attached to an aromatic ring is 1. The van der Waals surface area contributed by atoms with Gasteiger partial charge in [-0.2, -0.15) is 0 Å². The third kappa shape index (κ3) is 2.07. The highest BCUT2D eigenvalue weighted by Gasteiger charge is 2.30. The van der Waals surface area contributed by atoms with Crippen LogP contribution in [0.5, 0.6) is 0 Å². The zero-order valence-corrected chi connectivity index (χ0v) is 9.12. The molecule has 0 bridgehead atoms. The van der Waals surface area contributed by atoms with Crippen molar-refractivity contribution in [2.45, 2.75) is 38.3 Å². The summed E-state index contributed by atoms with van der Waals surface area (Å²) in [7, 11) is 0. The zero-order valence-electron chi connectivity index (χ0n) is 9.12. The van der Waals surface area contributed by atoms with Crippen molar-refractivity contribution in [1.82, 2.24) is 9.78 Å². The Morgan fingerprint density at radius 1 is 1.67 bits per heavy atom. The molecular formula is C10H17N3O2. The van der Waals surface area contributed by atoms with Crippen LogP contribution < -0.4 is 11.3 Å². The summed E-state index contributed by atoms with van der Waals surface area (Å²) in [5.74, 6) is 0.503. The van der Waals surface area contributed by atoms with Gasteiger partial charge in [0.2, 0.25) is 0 Å². The molecular weight excluding hydrogens is 194 g/mol. The highest BCUT2D eigenvalue weighted by Crippen LogP contribution is 2.32. The number of nitrogens with two attached hydrogens (primary N) is 1. The number of hydrogen-bond acceptors (Lipinski definition) is 3. The summed E-state index contributed by atoms with van der Waals surface area (Å²) >= 11 is 0. The van der Waals surface area contributed by atoms with Gasteiger partial charge in [0.1, 0.15) is 5.82 Å². The fraction of sp³-hybridized carbons (Fsp3) is 0.700. The van der Waals surface area contributed by atoms with E-state index in [-0.39, 0.29) is 17.2 Å². The molecule has 5 heteroatoms. The molecule has 0 spiro atoms. The number of rotatable bonds is 1. The lowest BCUT2D eigenvalue weighted by Gasteiger charge is -2.36. The van der Waals surface area contributed by atoms with Gasteiger partial charge < -0.3 is 10.5 Å². The van der Waals surface area contributed by atoms with Crippen LogP contribution in [0.1, 0.15) is 32.7 Å². The van der Waals surface area contributed by atoms with Crippen molar-refractivity contribution >= 4 is 5.82 Å². The minimum atomic E-state index is -0.142. The Kier molecular flexibility index (Phi) is 2.34. The molecule has 84 valence electrons. The standard InChI is InChI=1S/C10H17N3O2/c1-10(2)6-7(3-4-15-10)13-8(11)5-9(14)12-13/h5,7H,3-4,6,11H2,1-2H3,(H,12,14)/t7-/m1/s1. The number of aromatic amines is 1. The maximum absolute atomic E-state index is 11.1. The number of aromatic nitrogens is 2. The highest BCUT2D eigenvalue weighted by atomic mass is 16.5. The summed E-state index contributed by atoms with van der Waals surface area (Å²) in [6.45, 7) is 4.81. The van der Waals surface area contributed by atoms with Crippen LogP contribution in [-0.2, 0) is 4.74 Å². The summed E-state index contributed by atoms with van der Waals surface area (Å²) in [4.78, 5) is 11.1. The molecule has 5 nitrogen and oxygen atoms in total. The third-order valence-electron chi connectivity index (χ3n) is 2.82. The van der Waals surface area contributed by atoms with Crippen LogP contribution in [0.15, 0.2) is 10.9 Å². The first-order valence-corrected chi connectivity index (χ1v) is 5.19. The van der Waals surface area contributed by atoms with E-state index in [0.29, 0.717) is 12.4 Å². The molecule has 2 rings (SSSR count). The van der Waals surface area contributed by atoms with Gasteiger partial charge in [0, 0.05) is 12.7 Å². The van der Waals surface area contributed by atoms with Crippen LogP contribution in [0.25, 0.3) is 0 Å². The van der Waals surface area contributed by atoms with Crippen molar-refractivity contribution in [3.8, 4) is 0 Å². The Labute approximate surface area is 88.2 Å². The topological polar surface area (TPSA) is 73.0 Å². The molecule has 1 aromatic rings. The van der Waals surface area contributed by atoms with Crippen molar-refractivity contribution in [3.05, 3.63) is 16.4 Å². The van der Waals surface area contributed by atoms with Gasteiger partial charge in [0.25, 0.3) is 5.56 Å². The Bertz CT molecular complexity index is 405. The molecule has 15 heavy (non-hydrogen) atoms. The Balaban J connectivity index is 2.24. The summed E-state index contributed by atoms with van der Waals surface area (Å²) < 4.78 is 7.37. The molecule has 0 aromatic carbocycles. The predicted molar refractivity (Wildman–Crippen MR) is 57.8 cm³/mol. The molecule has 1 aromatic heterocycles. The second kappa shape index (κ2) is 3.41. The lowest BCUT2D eigenvalue weighted by Crippen LogP contribution is -2.35. The van der Waals surface area contributed by atoms with Gasteiger partial charge in [-0.05, 0) is 26.7 Å². The molecule has 0 saturated carbocycles. The molecule has 1 saturated heterocycles. The first kappa shape index (κ1) is 10.3. The van der Waals surface area contributed by atoms with E-state index >= 15 is 0 Å².